The second-order valence-electron chi connectivity index (χ2n) is 14.0. The predicted molar refractivity (Wildman–Crippen MR) is 256 cm³/mol. The van der Waals surface area contributed by atoms with Crippen LogP contribution in [0.25, 0.3) is 10.9 Å². The molecule has 1 aromatic carbocycles. The number of hydrogen-bond acceptors (Lipinski definition) is 9. The maximum atomic E-state index is 11.1. The number of thioether (sulfide) groups is 1. The second-order valence-corrected chi connectivity index (χ2v) is 15.2. The minimum absolute atomic E-state index is 0. The van der Waals surface area contributed by atoms with Crippen molar-refractivity contribution in [2.45, 2.75) is 169 Å². The van der Waals surface area contributed by atoms with Crippen molar-refractivity contribution in [2.75, 3.05) is 44.9 Å². The summed E-state index contributed by atoms with van der Waals surface area (Å²) in [5, 5.41) is 15.4. The van der Waals surface area contributed by atoms with Crippen LogP contribution < -0.4 is 20.1 Å². The number of rotatable bonds is 9. The van der Waals surface area contributed by atoms with E-state index in [0.717, 1.165) is 53.0 Å². The van der Waals surface area contributed by atoms with Gasteiger partial charge >= 0.3 is 6.09 Å². The van der Waals surface area contributed by atoms with Gasteiger partial charge in [-0.25, -0.2) is 9.78 Å². The number of benzene rings is 1. The van der Waals surface area contributed by atoms with Gasteiger partial charge in [0.05, 0.1) is 31.7 Å². The molecule has 2 aromatic heterocycles. The Hall–Kier alpha value is -1.76. The van der Waals surface area contributed by atoms with Crippen LogP contribution in [0.3, 0.4) is 0 Å². The average molecular weight is 953 g/mol. The van der Waals surface area contributed by atoms with E-state index in [9.17, 15) is 8.68 Å². The smallest absolute Gasteiger partial charge is 0.407 e. The summed E-state index contributed by atoms with van der Waals surface area (Å²) in [5.41, 5.74) is 3.24. The first kappa shape index (κ1) is 60.3. The molecule has 0 unspecified atom stereocenters. The van der Waals surface area contributed by atoms with Gasteiger partial charge in [-0.05, 0) is 62.8 Å². The van der Waals surface area contributed by atoms with Gasteiger partial charge in [0.15, 0.2) is 0 Å². The molecule has 3 aromatic rings. The van der Waals surface area contributed by atoms with Crippen molar-refractivity contribution in [1.29, 1.82) is 0 Å². The van der Waals surface area contributed by atoms with Gasteiger partial charge in [0, 0.05) is 93.1 Å². The Bertz CT molecular complexity index is 1390. The number of aromatic nitrogens is 3. The molecule has 3 fully saturated rings. The van der Waals surface area contributed by atoms with E-state index >= 15 is 0 Å². The number of aromatic amines is 1. The van der Waals surface area contributed by atoms with Crippen molar-refractivity contribution in [2.24, 2.45) is 0 Å². The van der Waals surface area contributed by atoms with Crippen LogP contribution in [0.15, 0.2) is 30.5 Å². The second kappa shape index (κ2) is 42.5. The van der Waals surface area contributed by atoms with Crippen LogP contribution in [0, 0.1) is 12.8 Å². The predicted octanol–water partition coefficient (Wildman–Crippen LogP) is 14.5. The molecule has 3 aliphatic carbocycles. The first-order chi connectivity index (χ1) is 29.0. The van der Waals surface area contributed by atoms with Crippen molar-refractivity contribution in [3.05, 3.63) is 54.6 Å². The first-order valence-corrected chi connectivity index (χ1v) is 25.1. The van der Waals surface area contributed by atoms with Crippen LogP contribution in [-0.2, 0) is 44.0 Å². The molecule has 3 aliphatic rings. The summed E-state index contributed by atoms with van der Waals surface area (Å²) in [6.07, 6.45) is 34.6. The molecule has 0 aliphatic heterocycles. The Balaban J connectivity index is 0. The van der Waals surface area contributed by atoms with Crippen LogP contribution in [0.1, 0.15) is 167 Å². The number of hydrogen-bond donors (Lipinski definition) is 3. The maximum Gasteiger partial charge on any atom is 0.407 e. The van der Waals surface area contributed by atoms with Crippen molar-refractivity contribution >= 4 is 46.7 Å². The van der Waals surface area contributed by atoms with E-state index < -0.39 is 0 Å². The zero-order valence-electron chi connectivity index (χ0n) is 39.1. The van der Waals surface area contributed by atoms with Gasteiger partial charge in [-0.1, -0.05) is 92.4 Å². The minimum Gasteiger partial charge on any atom is -0.497 e. The van der Waals surface area contributed by atoms with Gasteiger partial charge in [0.1, 0.15) is 17.3 Å². The number of carbonyl (C=O) groups is 1. The van der Waals surface area contributed by atoms with Crippen molar-refractivity contribution in [3.63, 3.8) is 0 Å². The van der Waals surface area contributed by atoms with Gasteiger partial charge in [-0.15, -0.1) is 0 Å². The third-order valence-corrected chi connectivity index (χ3v) is 9.70. The van der Waals surface area contributed by atoms with E-state index in [1.54, 1.807) is 26.0 Å². The molecular formula is C47H82FN5O4S2Y-2. The molecule has 1 amide bonds. The summed E-state index contributed by atoms with van der Waals surface area (Å²) in [6.45, 7) is 11.1. The Morgan fingerprint density at radius 3 is 1.97 bits per heavy atom. The number of halogens is 1. The summed E-state index contributed by atoms with van der Waals surface area (Å²) in [5.74, 6) is 2.96. The molecule has 2 heterocycles. The standard InChI is InChI=1S/C23H29N4O2.C10H19NO2.C7H13.C2H6S.2C2H6.CH3FS.Y/c1-28-18-11-10-17(20(14-18)29-2)15-25-23-21-19(12-13-24-23)26-27-22(21)16-8-6-4-3-5-7-9-16;1-2-8-13-10(12)11-9-6-4-3-5-7-9;1-2-4-6-7-5-3-1;1-3-2;2*1-2;1-3-2;/h3,10-14,16H,4-9,15H2,1-2H3,(H,24,25)(H,26,27);9H,2-8H2,1H3,(H,11,12);1H,2-7H2;1-2H3;2*1-2H3;1H3;/q-1;;-1;;;;;. The molecule has 343 valence electrons. The summed E-state index contributed by atoms with van der Waals surface area (Å²) in [4.78, 5) is 15.8. The Morgan fingerprint density at radius 1 is 0.850 bits per heavy atom. The Kier molecular flexibility index (Phi) is 42.8. The molecule has 3 N–H and O–H groups in total. The van der Waals surface area contributed by atoms with Gasteiger partial charge in [-0.2, -0.15) is 46.4 Å². The molecule has 60 heavy (non-hydrogen) atoms. The van der Waals surface area contributed by atoms with Gasteiger partial charge < -0.3 is 37.7 Å². The Morgan fingerprint density at radius 2 is 1.42 bits per heavy atom. The fourth-order valence-corrected chi connectivity index (χ4v) is 6.91. The van der Waals surface area contributed by atoms with Crippen molar-refractivity contribution < 1.29 is 55.6 Å². The number of fused-ring (bicyclic) bond motifs is 1. The number of carbonyl (C=O) groups excluding carboxylic acids is 1. The molecule has 3 saturated carbocycles. The normalized spacial score (nSPS) is 15.1. The molecule has 0 bridgehead atoms. The zero-order valence-corrected chi connectivity index (χ0v) is 43.6. The van der Waals surface area contributed by atoms with Crippen LogP contribution in [0.4, 0.5) is 14.5 Å². The summed E-state index contributed by atoms with van der Waals surface area (Å²) >= 11 is 2.00. The van der Waals surface area contributed by atoms with Crippen LogP contribution in [-0.4, -0.2) is 66.9 Å². The Labute approximate surface area is 399 Å². The van der Waals surface area contributed by atoms with E-state index in [4.69, 9.17) is 14.2 Å². The van der Waals surface area contributed by atoms with E-state index in [0.29, 0.717) is 25.1 Å². The van der Waals surface area contributed by atoms with Crippen molar-refractivity contribution in [3.8, 4) is 11.5 Å². The number of H-pyrrole nitrogens is 1. The number of anilines is 1. The van der Waals surface area contributed by atoms with Crippen LogP contribution in [0.5, 0.6) is 11.5 Å². The van der Waals surface area contributed by atoms with Gasteiger partial charge in [-0.3, -0.25) is 5.10 Å². The number of alkyl carbamates (subject to hydrolysis) is 1. The van der Waals surface area contributed by atoms with Crippen LogP contribution in [0.2, 0.25) is 0 Å². The molecule has 1 radical (unpaired) electrons. The monoisotopic (exact) mass is 952 g/mol. The number of methoxy groups -OCH3 is 2. The molecule has 0 spiro atoms. The molecule has 0 saturated heterocycles. The fourth-order valence-electron chi connectivity index (χ4n) is 6.91. The van der Waals surface area contributed by atoms with E-state index in [1.807, 2.05) is 77.6 Å². The third kappa shape index (κ3) is 26.7. The van der Waals surface area contributed by atoms with E-state index in [1.165, 1.54) is 108 Å². The van der Waals surface area contributed by atoms with Crippen LogP contribution >= 0.6 is 23.9 Å². The summed E-state index contributed by atoms with van der Waals surface area (Å²) in [6, 6.07) is 8.21. The minimum atomic E-state index is -0.242. The number of nitrogens with one attached hydrogen (secondary N) is 3. The molecule has 6 rings (SSSR count). The summed E-state index contributed by atoms with van der Waals surface area (Å²) < 4.78 is 26.0. The number of nitrogens with zero attached hydrogens (tertiary/aromatic N) is 2. The number of amides is 1. The van der Waals surface area contributed by atoms with Gasteiger partial charge in [0.2, 0.25) is 0 Å². The number of ether oxygens (including phenoxy) is 3. The van der Waals surface area contributed by atoms with E-state index in [2.05, 4.69) is 38.7 Å². The zero-order chi connectivity index (χ0) is 43.9. The molecule has 13 heteroatoms. The quantitative estimate of drug-likeness (QED) is 0.143. The topological polar surface area (TPSA) is 110 Å². The third-order valence-electron chi connectivity index (χ3n) is 9.70. The van der Waals surface area contributed by atoms with E-state index in [-0.39, 0.29) is 51.0 Å². The number of pyridine rings is 1. The molecule has 0 atom stereocenters. The summed E-state index contributed by atoms with van der Waals surface area (Å²) in [7, 11) is 3.34. The maximum absolute atomic E-state index is 11.1. The SMILES string of the molecule is CC.CC.CCCOC(=O)NC1CCCCC1.COc1ccc(CNc2nccc3n[nH]c(C4CCC[CH-]CCC4)c23)c(OC)c1.CSC.CSF.[CH-]1CCCCCC1.[Y]. The molecular weight excluding hydrogens is 871 g/mol. The van der Waals surface area contributed by atoms with Gasteiger partial charge in [0.25, 0.3) is 0 Å². The fraction of sp³-hybridized carbons (Fsp3) is 0.681. The molecule has 9 nitrogen and oxygen atoms in total. The largest absolute Gasteiger partial charge is 0.497 e. The first-order valence-electron chi connectivity index (χ1n) is 22.3. The van der Waals surface area contributed by atoms with Crippen molar-refractivity contribution in [1.82, 2.24) is 20.5 Å². The average Bonchev–Trinajstić information content (AvgIpc) is 3.46.